The van der Waals surface area contributed by atoms with Crippen molar-refractivity contribution >= 4 is 23.8 Å². The molecule has 0 bridgehead atoms. The summed E-state index contributed by atoms with van der Waals surface area (Å²) in [6.45, 7) is -3.45. The molecule has 12 heteroatoms. The minimum atomic E-state index is -4.63. The summed E-state index contributed by atoms with van der Waals surface area (Å²) in [5, 5.41) is 5.12. The Kier molecular flexibility index (Phi) is 8.56. The van der Waals surface area contributed by atoms with Crippen LogP contribution in [0.1, 0.15) is 0 Å². The lowest BCUT2D eigenvalue weighted by atomic mass is 10.3. The van der Waals surface area contributed by atoms with Gasteiger partial charge in [-0.3, -0.25) is 19.7 Å². The molecule has 1 rings (SSSR count). The van der Waals surface area contributed by atoms with E-state index in [0.717, 1.165) is 0 Å². The predicted molar refractivity (Wildman–Crippen MR) is 83.5 cm³/mol. The Morgan fingerprint density at radius 3 is 2.22 bits per heavy atom. The number of carbonyl (C=O) groups excluding carboxylic acids is 4. The monoisotopic (exact) mass is 391 g/mol. The van der Waals surface area contributed by atoms with Crippen LogP contribution in [-0.4, -0.2) is 56.3 Å². The van der Waals surface area contributed by atoms with Crippen molar-refractivity contribution < 1.29 is 41.8 Å². The number of urea groups is 1. The van der Waals surface area contributed by atoms with Gasteiger partial charge in [-0.1, -0.05) is 18.2 Å². The summed E-state index contributed by atoms with van der Waals surface area (Å²) in [4.78, 5) is 45.1. The summed E-state index contributed by atoms with van der Waals surface area (Å²) >= 11 is 0. The molecule has 0 heterocycles. The first-order chi connectivity index (χ1) is 12.7. The lowest BCUT2D eigenvalue weighted by Crippen LogP contribution is -2.45. The van der Waals surface area contributed by atoms with Crippen molar-refractivity contribution in [2.24, 2.45) is 0 Å². The number of rotatable bonds is 8. The fraction of sp³-hybridized carbons (Fsp3) is 0.333. The number of amides is 4. The molecule has 0 aliphatic rings. The Bertz CT molecular complexity index is 667. The van der Waals surface area contributed by atoms with E-state index in [4.69, 9.17) is 4.74 Å². The molecule has 0 atom stereocenters. The van der Waals surface area contributed by atoms with E-state index >= 15 is 0 Å². The maximum absolute atomic E-state index is 11.9. The van der Waals surface area contributed by atoms with Crippen LogP contribution in [0.25, 0.3) is 0 Å². The molecule has 0 aromatic heterocycles. The van der Waals surface area contributed by atoms with E-state index in [1.807, 2.05) is 0 Å². The number of alkyl halides is 3. The zero-order valence-electron chi connectivity index (χ0n) is 13.8. The standard InChI is InChI=1S/C15H16F3N3O6/c16-15(17,18)9-20-14(25)21-12(23)8-27-13(24)6-19-11(22)7-26-10-4-2-1-3-5-10/h1-5H,6-9H2,(H,19,22)(H2,20,21,23,25). The van der Waals surface area contributed by atoms with Gasteiger partial charge in [0.25, 0.3) is 11.8 Å². The smallest absolute Gasteiger partial charge is 0.405 e. The van der Waals surface area contributed by atoms with Gasteiger partial charge in [0.15, 0.2) is 13.2 Å². The van der Waals surface area contributed by atoms with Crippen LogP contribution >= 0.6 is 0 Å². The number of halogens is 3. The average Bonchev–Trinajstić information content (AvgIpc) is 2.61. The third-order valence-corrected chi connectivity index (χ3v) is 2.61. The number of benzene rings is 1. The third kappa shape index (κ3) is 11.0. The molecule has 3 N–H and O–H groups in total. The van der Waals surface area contributed by atoms with Crippen LogP contribution in [-0.2, 0) is 19.1 Å². The van der Waals surface area contributed by atoms with Crippen LogP contribution in [0, 0.1) is 0 Å². The molecule has 0 spiro atoms. The molecule has 4 amide bonds. The summed E-state index contributed by atoms with van der Waals surface area (Å²) in [5.41, 5.74) is 0. The Morgan fingerprint density at radius 2 is 1.59 bits per heavy atom. The molecule has 0 saturated carbocycles. The Balaban J connectivity index is 2.16. The fourth-order valence-electron chi connectivity index (χ4n) is 1.47. The van der Waals surface area contributed by atoms with Crippen molar-refractivity contribution in [1.29, 1.82) is 0 Å². The second-order valence-corrected chi connectivity index (χ2v) is 4.89. The van der Waals surface area contributed by atoms with E-state index < -0.39 is 49.7 Å². The van der Waals surface area contributed by atoms with Gasteiger partial charge in [0, 0.05) is 0 Å². The average molecular weight is 391 g/mol. The molecule has 148 valence electrons. The lowest BCUT2D eigenvalue weighted by molar-refractivity contribution is -0.148. The molecule has 0 unspecified atom stereocenters. The van der Waals surface area contributed by atoms with Gasteiger partial charge in [-0.05, 0) is 12.1 Å². The van der Waals surface area contributed by atoms with Gasteiger partial charge in [0.1, 0.15) is 18.8 Å². The Hall–Kier alpha value is -3.31. The molecule has 0 fully saturated rings. The molecule has 27 heavy (non-hydrogen) atoms. The number of hydrogen-bond donors (Lipinski definition) is 3. The van der Waals surface area contributed by atoms with E-state index in [0.29, 0.717) is 5.75 Å². The maximum Gasteiger partial charge on any atom is 0.405 e. The highest BCUT2D eigenvalue weighted by Gasteiger charge is 2.28. The molecule has 0 aliphatic heterocycles. The minimum Gasteiger partial charge on any atom is -0.484 e. The molecule has 0 aliphatic carbocycles. The van der Waals surface area contributed by atoms with Gasteiger partial charge in [0.05, 0.1) is 0 Å². The van der Waals surface area contributed by atoms with Crippen molar-refractivity contribution in [3.05, 3.63) is 30.3 Å². The molecule has 0 radical (unpaired) electrons. The molecule has 9 nitrogen and oxygen atoms in total. The number of carbonyl (C=O) groups is 4. The summed E-state index contributed by atoms with van der Waals surface area (Å²) in [7, 11) is 0. The van der Waals surface area contributed by atoms with Crippen molar-refractivity contribution in [1.82, 2.24) is 16.0 Å². The van der Waals surface area contributed by atoms with Crippen LogP contribution < -0.4 is 20.7 Å². The summed E-state index contributed by atoms with van der Waals surface area (Å²) < 4.78 is 45.2. The van der Waals surface area contributed by atoms with Gasteiger partial charge < -0.3 is 20.1 Å². The van der Waals surface area contributed by atoms with Gasteiger partial charge in [-0.25, -0.2) is 4.79 Å². The van der Waals surface area contributed by atoms with Gasteiger partial charge in [-0.2, -0.15) is 13.2 Å². The first-order valence-electron chi connectivity index (χ1n) is 7.40. The largest absolute Gasteiger partial charge is 0.484 e. The highest BCUT2D eigenvalue weighted by molar-refractivity contribution is 5.95. The Morgan fingerprint density at radius 1 is 0.926 bits per heavy atom. The fourth-order valence-corrected chi connectivity index (χ4v) is 1.47. The summed E-state index contributed by atoms with van der Waals surface area (Å²) in [6.07, 6.45) is -4.63. The first kappa shape index (κ1) is 21.7. The predicted octanol–water partition coefficient (Wildman–Crippen LogP) is 0.113. The molecule has 0 saturated heterocycles. The van der Waals surface area contributed by atoms with Crippen molar-refractivity contribution in [3.8, 4) is 5.75 Å². The number of imide groups is 1. The van der Waals surface area contributed by atoms with E-state index in [9.17, 15) is 32.3 Å². The molecular weight excluding hydrogens is 375 g/mol. The van der Waals surface area contributed by atoms with Gasteiger partial charge >= 0.3 is 18.2 Å². The quantitative estimate of drug-likeness (QED) is 0.541. The van der Waals surface area contributed by atoms with Crippen molar-refractivity contribution in [3.63, 3.8) is 0 Å². The number of nitrogens with one attached hydrogen (secondary N) is 3. The number of para-hydroxylation sites is 1. The highest BCUT2D eigenvalue weighted by atomic mass is 19.4. The van der Waals surface area contributed by atoms with Crippen LogP contribution in [0.2, 0.25) is 0 Å². The normalized spacial score (nSPS) is 10.5. The maximum atomic E-state index is 11.9. The summed E-state index contributed by atoms with van der Waals surface area (Å²) in [5.74, 6) is -2.29. The van der Waals surface area contributed by atoms with Crippen LogP contribution in [0.15, 0.2) is 30.3 Å². The minimum absolute atomic E-state index is 0.350. The van der Waals surface area contributed by atoms with Crippen molar-refractivity contribution in [2.75, 3.05) is 26.3 Å². The topological polar surface area (TPSA) is 123 Å². The SMILES string of the molecule is O=C(COc1ccccc1)NCC(=O)OCC(=O)NC(=O)NCC(F)(F)F. The van der Waals surface area contributed by atoms with Gasteiger partial charge in [-0.15, -0.1) is 0 Å². The van der Waals surface area contributed by atoms with Crippen LogP contribution in [0.3, 0.4) is 0 Å². The number of hydrogen-bond acceptors (Lipinski definition) is 6. The van der Waals surface area contributed by atoms with Gasteiger partial charge in [0.2, 0.25) is 0 Å². The number of ether oxygens (including phenoxy) is 2. The number of esters is 1. The first-order valence-corrected chi connectivity index (χ1v) is 7.40. The zero-order chi connectivity index (χ0) is 20.3. The second-order valence-electron chi connectivity index (χ2n) is 4.89. The Labute approximate surface area is 151 Å². The summed E-state index contributed by atoms with van der Waals surface area (Å²) in [6, 6.07) is 7.05. The molecule has 1 aromatic carbocycles. The molecule has 1 aromatic rings. The highest BCUT2D eigenvalue weighted by Crippen LogP contribution is 2.11. The van der Waals surface area contributed by atoms with Crippen LogP contribution in [0.5, 0.6) is 5.75 Å². The second kappa shape index (κ2) is 10.6. The third-order valence-electron chi connectivity index (χ3n) is 2.61. The van der Waals surface area contributed by atoms with E-state index in [1.165, 1.54) is 10.6 Å². The van der Waals surface area contributed by atoms with Crippen molar-refractivity contribution in [2.45, 2.75) is 6.18 Å². The van der Waals surface area contributed by atoms with E-state index in [2.05, 4.69) is 10.1 Å². The zero-order valence-corrected chi connectivity index (χ0v) is 13.8. The molecular formula is C15H16F3N3O6. The lowest BCUT2D eigenvalue weighted by Gasteiger charge is -2.09. The van der Waals surface area contributed by atoms with E-state index in [1.54, 1.807) is 30.3 Å². The van der Waals surface area contributed by atoms with E-state index in [-0.39, 0.29) is 6.61 Å². The van der Waals surface area contributed by atoms with Crippen LogP contribution in [0.4, 0.5) is 18.0 Å².